The van der Waals surface area contributed by atoms with E-state index >= 15 is 0 Å². The van der Waals surface area contributed by atoms with E-state index in [2.05, 4.69) is 408 Å². The smallest absolute Gasteiger partial charge is 0.142 e. The van der Waals surface area contributed by atoms with E-state index in [0.717, 1.165) is 97.7 Å². The molecule has 0 saturated heterocycles. The standard InChI is InChI=1S/C38H34N2.C32H36N2.C30H32N2.C28H28N2O2/c1-4-12-27(5-2)34-25-32(21-23-36(34)39)38(3,31-19-17-29(18-20-31)28-13-8-6-9-14-28)33-22-24-37(40)35(26-33)30-15-10-7-11-16-30;1-6-23-19-28(17-21(3)30(23)33)32(5,29-18-22(4)31(34)24(7-2)20-29)27-15-13-26(14-16-27)25-11-9-8-10-12-25;1-30(26-14-10-23(11-15-26)22-31-2,28-18-20-29(21-19-28)32(3)4)27-16-12-25(13-17-27)24-8-6-5-7-9-24;1-28(22-13-15-24(29)26(17-22)31-2,23-14-16-25(30)27(18-23)32-3)21-11-9-20(10-12-21)19-7-5-4-6-8-19/h4-26H,1-2,39-40H2,3H3;8-20H,6-7,33-34H2,1-5H3;5-21,31H,22H2,1-4H3;4-18H,29-30H2,1-3H3/b27-12+;;;. The molecule has 694 valence electrons. The predicted molar refractivity (Wildman–Crippen MR) is 590 cm³/mol. The summed E-state index contributed by atoms with van der Waals surface area (Å²) in [6.07, 6.45) is 7.33. The second-order valence-corrected chi connectivity index (χ2v) is 36.3. The summed E-state index contributed by atoms with van der Waals surface area (Å²) in [7, 11) is 9.41. The molecule has 0 amide bonds. The molecule has 10 nitrogen and oxygen atoms in total. The number of ether oxygens (including phenoxy) is 2. The van der Waals surface area contributed by atoms with Crippen LogP contribution >= 0.6 is 0 Å². The molecule has 0 aromatic heterocycles. The zero-order chi connectivity index (χ0) is 97.8. The zero-order valence-electron chi connectivity index (χ0n) is 82.0. The van der Waals surface area contributed by atoms with Gasteiger partial charge in [0.1, 0.15) is 11.5 Å². The summed E-state index contributed by atoms with van der Waals surface area (Å²) in [4.78, 5) is 2.14. The number of allylic oxidation sites excluding steroid dienone is 4. The minimum Gasteiger partial charge on any atom is -0.495 e. The van der Waals surface area contributed by atoms with Crippen LogP contribution in [0.15, 0.2) is 426 Å². The fourth-order valence-corrected chi connectivity index (χ4v) is 19.0. The van der Waals surface area contributed by atoms with Crippen molar-refractivity contribution < 1.29 is 9.47 Å². The van der Waals surface area contributed by atoms with Gasteiger partial charge in [-0.2, -0.15) is 0 Å². The topological polar surface area (TPSA) is 190 Å². The third-order valence-corrected chi connectivity index (χ3v) is 27.8. The normalized spacial score (nSPS) is 12.2. The van der Waals surface area contributed by atoms with Crippen molar-refractivity contribution in [3.8, 4) is 67.1 Å². The Bertz CT molecular complexity index is 6910. The monoisotopic (exact) mass is 1810 g/mol. The molecule has 0 aliphatic heterocycles. The number of rotatable bonds is 27. The number of nitrogens with zero attached hydrogens (tertiary/aromatic N) is 1. The molecule has 17 aromatic carbocycles. The van der Waals surface area contributed by atoms with Crippen LogP contribution in [0, 0.1) is 13.8 Å². The van der Waals surface area contributed by atoms with Crippen LogP contribution in [0.1, 0.15) is 142 Å². The van der Waals surface area contributed by atoms with Gasteiger partial charge in [0.25, 0.3) is 0 Å². The van der Waals surface area contributed by atoms with E-state index in [-0.39, 0.29) is 10.8 Å². The lowest BCUT2D eigenvalue weighted by atomic mass is 9.69. The van der Waals surface area contributed by atoms with Crippen molar-refractivity contribution in [3.63, 3.8) is 0 Å². The van der Waals surface area contributed by atoms with Gasteiger partial charge in [0, 0.05) is 81.9 Å². The van der Waals surface area contributed by atoms with Crippen LogP contribution < -0.4 is 54.1 Å². The summed E-state index contributed by atoms with van der Waals surface area (Å²) in [5.74, 6) is 1.30. The van der Waals surface area contributed by atoms with Gasteiger partial charge in [0.05, 0.1) is 25.6 Å². The number of anilines is 7. The van der Waals surface area contributed by atoms with Crippen LogP contribution in [0.2, 0.25) is 0 Å². The van der Waals surface area contributed by atoms with Crippen molar-refractivity contribution in [2.75, 3.05) is 74.7 Å². The van der Waals surface area contributed by atoms with Crippen LogP contribution in [0.4, 0.5) is 39.8 Å². The van der Waals surface area contributed by atoms with E-state index in [1.165, 1.54) is 106 Å². The van der Waals surface area contributed by atoms with E-state index in [1.54, 1.807) is 20.3 Å². The number of nitrogen functional groups attached to an aromatic ring is 6. The summed E-state index contributed by atoms with van der Waals surface area (Å²) in [6.45, 7) is 26.5. The number of hydrogen-bond donors (Lipinski definition) is 7. The second-order valence-electron chi connectivity index (χ2n) is 36.3. The van der Waals surface area contributed by atoms with Crippen molar-refractivity contribution in [1.29, 1.82) is 0 Å². The first-order valence-corrected chi connectivity index (χ1v) is 47.4. The first-order chi connectivity index (χ1) is 66.7. The van der Waals surface area contributed by atoms with Crippen molar-refractivity contribution >= 4 is 45.4 Å². The second kappa shape index (κ2) is 44.1. The van der Waals surface area contributed by atoms with Crippen molar-refractivity contribution in [2.24, 2.45) is 0 Å². The highest BCUT2D eigenvalue weighted by molar-refractivity contribution is 5.84. The Morgan fingerprint density at radius 2 is 0.601 bits per heavy atom. The van der Waals surface area contributed by atoms with Gasteiger partial charge in [0.15, 0.2) is 0 Å². The molecule has 0 aliphatic carbocycles. The minimum absolute atomic E-state index is 0.252. The van der Waals surface area contributed by atoms with E-state index in [9.17, 15) is 0 Å². The Labute approximate surface area is 818 Å². The maximum atomic E-state index is 6.52. The predicted octanol–water partition coefficient (Wildman–Crippen LogP) is 29.3. The van der Waals surface area contributed by atoms with Crippen molar-refractivity contribution in [3.05, 3.63) is 526 Å². The Morgan fingerprint density at radius 1 is 0.319 bits per heavy atom. The van der Waals surface area contributed by atoms with Gasteiger partial charge in [0.2, 0.25) is 0 Å². The maximum Gasteiger partial charge on any atom is 0.142 e. The lowest BCUT2D eigenvalue weighted by Gasteiger charge is -2.34. The van der Waals surface area contributed by atoms with Crippen molar-refractivity contribution in [2.45, 2.75) is 96.4 Å². The highest BCUT2D eigenvalue weighted by atomic mass is 16.5. The summed E-state index contributed by atoms with van der Waals surface area (Å²) in [5.41, 5.74) is 76.0. The van der Waals surface area contributed by atoms with Crippen LogP contribution in [0.5, 0.6) is 11.5 Å². The Morgan fingerprint density at radius 3 is 0.920 bits per heavy atom. The molecule has 0 radical (unpaired) electrons. The zero-order valence-corrected chi connectivity index (χ0v) is 82.0. The molecule has 10 heteroatoms. The van der Waals surface area contributed by atoms with Crippen LogP contribution in [0.25, 0.3) is 61.2 Å². The fourth-order valence-electron chi connectivity index (χ4n) is 19.0. The third-order valence-electron chi connectivity index (χ3n) is 27.8. The SMILES string of the molecule is C=C/C=C(\C=C)c1cc(C(C)(c2ccc(-c3ccccc3)cc2)c2ccc(N)c(-c3ccccc3)c2)ccc1N.CCc1cc(C(C)(c2ccc(-c3ccccc3)cc2)c2cc(C)c(N)c(CC)c2)cc(C)c1N.CNCc1ccc(C(C)(c2ccc(-c3ccccc3)cc2)c2ccc(N(C)C)cc2)cc1.COc1cc(C(C)(c2ccc(-c3ccccc3)cc2)c2ccc(N)c(OC)c2)ccc1N. The first-order valence-electron chi connectivity index (χ1n) is 47.4. The molecule has 0 fully saturated rings. The molecule has 13 N–H and O–H groups in total. The van der Waals surface area contributed by atoms with Gasteiger partial charge in [-0.25, -0.2) is 0 Å². The summed E-state index contributed by atoms with van der Waals surface area (Å²) in [5, 5.41) is 3.24. The van der Waals surface area contributed by atoms with Gasteiger partial charge in [-0.1, -0.05) is 379 Å². The maximum absolute atomic E-state index is 6.52. The highest BCUT2D eigenvalue weighted by Gasteiger charge is 2.38. The molecule has 0 spiro atoms. The molecule has 0 saturated carbocycles. The fraction of sp³-hybridized carbons (Fsp3) is 0.156. The van der Waals surface area contributed by atoms with Crippen LogP contribution in [-0.4, -0.2) is 35.4 Å². The molecule has 2 unspecified atom stereocenters. The number of hydrogen-bond acceptors (Lipinski definition) is 10. The van der Waals surface area contributed by atoms with Gasteiger partial charge >= 0.3 is 0 Å². The number of aryl methyl sites for hydroxylation is 4. The molecule has 2 atom stereocenters. The lowest BCUT2D eigenvalue weighted by Crippen LogP contribution is -2.26. The molecule has 0 aliphatic rings. The largest absolute Gasteiger partial charge is 0.495 e. The van der Waals surface area contributed by atoms with E-state index in [0.29, 0.717) is 28.6 Å². The van der Waals surface area contributed by atoms with E-state index in [4.69, 9.17) is 43.9 Å². The van der Waals surface area contributed by atoms with E-state index < -0.39 is 10.8 Å². The van der Waals surface area contributed by atoms with Crippen LogP contribution in [0.3, 0.4) is 0 Å². The lowest BCUT2D eigenvalue weighted by molar-refractivity contribution is 0.414. The molecular weight excluding hydrogens is 1680 g/mol. The molecule has 138 heavy (non-hydrogen) atoms. The van der Waals surface area contributed by atoms with Gasteiger partial charge < -0.3 is 54.1 Å². The van der Waals surface area contributed by atoms with Crippen molar-refractivity contribution in [1.82, 2.24) is 5.32 Å². The highest BCUT2D eigenvalue weighted by Crippen LogP contribution is 2.49. The number of nitrogens with two attached hydrogens (primary N) is 6. The Kier molecular flexibility index (Phi) is 31.3. The number of methoxy groups -OCH3 is 2. The Balaban J connectivity index is 0.000000147. The third kappa shape index (κ3) is 21.1. The Hall–Kier alpha value is -15.9. The molecular formula is C128H130N8O2. The van der Waals surface area contributed by atoms with Gasteiger partial charge in [-0.3, -0.25) is 0 Å². The van der Waals surface area contributed by atoms with Crippen LogP contribution in [-0.2, 0) is 41.0 Å². The molecule has 17 aromatic rings. The number of benzene rings is 17. The summed E-state index contributed by atoms with van der Waals surface area (Å²) < 4.78 is 11.0. The van der Waals surface area contributed by atoms with Gasteiger partial charge in [-0.05, 0) is 272 Å². The van der Waals surface area contributed by atoms with Gasteiger partial charge in [-0.15, -0.1) is 0 Å². The first kappa shape index (κ1) is 98.1. The molecule has 0 bridgehead atoms. The number of nitrogens with one attached hydrogen (secondary N) is 1. The average molecular weight is 1810 g/mol. The quantitative estimate of drug-likeness (QED) is 0.0148. The minimum atomic E-state index is -0.505. The molecule has 17 rings (SSSR count). The average Bonchev–Trinajstić information content (AvgIpc) is 0.744. The summed E-state index contributed by atoms with van der Waals surface area (Å²) in [6, 6.07) is 139. The summed E-state index contributed by atoms with van der Waals surface area (Å²) >= 11 is 0. The van der Waals surface area contributed by atoms with E-state index in [1.807, 2.05) is 98.1 Å². The molecule has 0 heterocycles.